The van der Waals surface area contributed by atoms with Crippen LogP contribution in [0.1, 0.15) is 31.4 Å². The lowest BCUT2D eigenvalue weighted by Gasteiger charge is -2.26. The number of thioether (sulfide) groups is 1. The van der Waals surface area contributed by atoms with Crippen LogP contribution in [-0.2, 0) is 27.3 Å². The summed E-state index contributed by atoms with van der Waals surface area (Å²) in [6, 6.07) is 10.4. The quantitative estimate of drug-likeness (QED) is 0.260. The first-order valence-corrected chi connectivity index (χ1v) is 13.1. The molecule has 0 aliphatic carbocycles. The second-order valence-corrected chi connectivity index (χ2v) is 9.77. The molecule has 0 fully saturated rings. The van der Waals surface area contributed by atoms with Gasteiger partial charge in [-0.15, -0.1) is 0 Å². The fourth-order valence-corrected chi connectivity index (χ4v) is 4.11. The van der Waals surface area contributed by atoms with Gasteiger partial charge in [0.2, 0.25) is 11.8 Å². The Balaban J connectivity index is 2.19. The molecule has 10 heteroatoms. The molecule has 2 aromatic carbocycles. The first kappa shape index (κ1) is 29.1. The number of nitrogens with one attached hydrogen (secondary N) is 3. The number of phenols is 1. The molecule has 3 atom stereocenters. The van der Waals surface area contributed by atoms with Crippen molar-refractivity contribution >= 4 is 29.5 Å². The minimum atomic E-state index is -1.14. The van der Waals surface area contributed by atoms with Gasteiger partial charge in [0.25, 0.3) is 0 Å². The topological polar surface area (TPSA) is 128 Å². The lowest BCUT2D eigenvalue weighted by atomic mass is 10.00. The van der Waals surface area contributed by atoms with Crippen molar-refractivity contribution in [2.45, 2.75) is 51.4 Å². The van der Waals surface area contributed by atoms with Crippen LogP contribution in [0, 0.1) is 11.7 Å². The lowest BCUT2D eigenvalue weighted by molar-refractivity contribution is -0.142. The van der Waals surface area contributed by atoms with Gasteiger partial charge in [0.1, 0.15) is 12.1 Å². The summed E-state index contributed by atoms with van der Waals surface area (Å²) in [6.07, 6.45) is 2.27. The predicted octanol–water partition coefficient (Wildman–Crippen LogP) is 2.70. The van der Waals surface area contributed by atoms with E-state index in [0.717, 1.165) is 11.6 Å². The van der Waals surface area contributed by atoms with E-state index in [9.17, 15) is 29.0 Å². The minimum absolute atomic E-state index is 0.0329. The van der Waals surface area contributed by atoms with E-state index in [1.165, 1.54) is 17.8 Å². The largest absolute Gasteiger partial charge is 0.505 e. The summed E-state index contributed by atoms with van der Waals surface area (Å²) in [5.41, 5.74) is 1.10. The van der Waals surface area contributed by atoms with E-state index in [0.29, 0.717) is 11.3 Å². The molecule has 0 bridgehead atoms. The highest BCUT2D eigenvalue weighted by molar-refractivity contribution is 7.98. The third kappa shape index (κ3) is 8.83. The average Bonchev–Trinajstić information content (AvgIpc) is 2.84. The molecule has 0 aromatic heterocycles. The molecule has 0 unspecified atom stereocenters. The van der Waals surface area contributed by atoms with Gasteiger partial charge in [-0.05, 0) is 36.0 Å². The first-order chi connectivity index (χ1) is 17.1. The van der Waals surface area contributed by atoms with Crippen molar-refractivity contribution in [3.63, 3.8) is 0 Å². The standard InChI is InChI=1S/C26H34FN3O5S/c1-16(2)22(28-15-18-10-7-11-19(27)23(18)31)25(33)30-21(14-17-8-5-4-6-9-17)24(32)29-20(26(34)35)12-13-36-3/h4-11,16,20-22,28,31H,12-15H2,1-3H3,(H,29,32)(H,30,33)(H,34,35)/t20-,21-,22-/m0/s1. The van der Waals surface area contributed by atoms with Crippen LogP contribution in [0.4, 0.5) is 4.39 Å². The van der Waals surface area contributed by atoms with Crippen molar-refractivity contribution in [2.24, 2.45) is 5.92 Å². The maximum Gasteiger partial charge on any atom is 0.326 e. The summed E-state index contributed by atoms with van der Waals surface area (Å²) in [7, 11) is 0. The average molecular weight is 520 g/mol. The van der Waals surface area contributed by atoms with Gasteiger partial charge in [-0.25, -0.2) is 9.18 Å². The second kappa shape index (κ2) is 14.4. The van der Waals surface area contributed by atoms with Crippen molar-refractivity contribution in [3.05, 3.63) is 65.5 Å². The molecule has 2 rings (SSSR count). The molecule has 2 aromatic rings. The Kier molecular flexibility index (Phi) is 11.7. The minimum Gasteiger partial charge on any atom is -0.505 e. The Morgan fingerprint density at radius 3 is 2.25 bits per heavy atom. The van der Waals surface area contributed by atoms with E-state index >= 15 is 0 Å². The molecule has 0 heterocycles. The highest BCUT2D eigenvalue weighted by atomic mass is 32.2. The number of hydrogen-bond donors (Lipinski definition) is 5. The van der Waals surface area contributed by atoms with Gasteiger partial charge in [-0.3, -0.25) is 9.59 Å². The zero-order valence-corrected chi connectivity index (χ0v) is 21.5. The van der Waals surface area contributed by atoms with Gasteiger partial charge < -0.3 is 26.2 Å². The van der Waals surface area contributed by atoms with Crippen molar-refractivity contribution in [1.82, 2.24) is 16.0 Å². The van der Waals surface area contributed by atoms with E-state index in [1.54, 1.807) is 6.07 Å². The third-order valence-corrected chi connectivity index (χ3v) is 6.32. The lowest BCUT2D eigenvalue weighted by Crippen LogP contribution is -2.56. The molecule has 0 saturated carbocycles. The van der Waals surface area contributed by atoms with Crippen LogP contribution in [-0.4, -0.2) is 58.1 Å². The highest BCUT2D eigenvalue weighted by Crippen LogP contribution is 2.21. The van der Waals surface area contributed by atoms with Gasteiger partial charge in [0, 0.05) is 18.5 Å². The van der Waals surface area contributed by atoms with Crippen LogP contribution in [0.15, 0.2) is 48.5 Å². The molecule has 0 aliphatic heterocycles. The molecule has 0 radical (unpaired) electrons. The number of para-hydroxylation sites is 1. The van der Waals surface area contributed by atoms with Crippen molar-refractivity contribution in [1.29, 1.82) is 0 Å². The van der Waals surface area contributed by atoms with E-state index in [2.05, 4.69) is 16.0 Å². The number of carboxylic acids is 1. The van der Waals surface area contributed by atoms with E-state index in [-0.39, 0.29) is 25.3 Å². The number of phenolic OH excluding ortho intramolecular Hbond substituents is 1. The fourth-order valence-electron chi connectivity index (χ4n) is 3.64. The zero-order valence-electron chi connectivity index (χ0n) is 20.7. The number of hydrogen-bond acceptors (Lipinski definition) is 6. The number of benzene rings is 2. The molecule has 8 nitrogen and oxygen atoms in total. The van der Waals surface area contributed by atoms with Gasteiger partial charge in [0.05, 0.1) is 6.04 Å². The Bertz CT molecular complexity index is 1020. The number of halogens is 1. The predicted molar refractivity (Wildman–Crippen MR) is 138 cm³/mol. The van der Waals surface area contributed by atoms with Crippen LogP contribution < -0.4 is 16.0 Å². The smallest absolute Gasteiger partial charge is 0.326 e. The van der Waals surface area contributed by atoms with E-state index < -0.39 is 47.5 Å². The normalized spacial score (nSPS) is 13.6. The van der Waals surface area contributed by atoms with Gasteiger partial charge in [0.15, 0.2) is 11.6 Å². The van der Waals surface area contributed by atoms with Gasteiger partial charge in [-0.2, -0.15) is 11.8 Å². The Labute approximate surface area is 215 Å². The van der Waals surface area contributed by atoms with Crippen LogP contribution >= 0.6 is 11.8 Å². The molecule has 2 amide bonds. The Morgan fingerprint density at radius 2 is 1.64 bits per heavy atom. The molecule has 0 aliphatic rings. The summed E-state index contributed by atoms with van der Waals surface area (Å²) < 4.78 is 13.7. The third-order valence-electron chi connectivity index (χ3n) is 5.67. The molecule has 5 N–H and O–H groups in total. The van der Waals surface area contributed by atoms with Crippen LogP contribution in [0.3, 0.4) is 0 Å². The number of rotatable bonds is 14. The van der Waals surface area contributed by atoms with Crippen LogP contribution in [0.25, 0.3) is 0 Å². The monoisotopic (exact) mass is 519 g/mol. The molecule has 196 valence electrons. The van der Waals surface area contributed by atoms with Gasteiger partial charge >= 0.3 is 5.97 Å². The Hall–Kier alpha value is -3.11. The maximum absolute atomic E-state index is 13.7. The maximum atomic E-state index is 13.7. The summed E-state index contributed by atoms with van der Waals surface area (Å²) in [5.74, 6) is -3.08. The molecular formula is C26H34FN3O5S. The van der Waals surface area contributed by atoms with Gasteiger partial charge in [-0.1, -0.05) is 56.3 Å². The van der Waals surface area contributed by atoms with Crippen molar-refractivity contribution in [3.8, 4) is 5.75 Å². The number of aromatic hydroxyl groups is 1. The van der Waals surface area contributed by atoms with E-state index in [1.807, 2.05) is 50.4 Å². The fraction of sp³-hybridized carbons (Fsp3) is 0.423. The zero-order chi connectivity index (χ0) is 26.7. The van der Waals surface area contributed by atoms with Crippen molar-refractivity contribution < 1.29 is 29.0 Å². The summed E-state index contributed by atoms with van der Waals surface area (Å²) >= 11 is 1.47. The summed E-state index contributed by atoms with van der Waals surface area (Å²) in [6.45, 7) is 3.67. The number of aliphatic carboxylic acids is 1. The Morgan fingerprint density at radius 1 is 0.972 bits per heavy atom. The van der Waals surface area contributed by atoms with E-state index in [4.69, 9.17) is 0 Å². The molecular weight excluding hydrogens is 485 g/mol. The van der Waals surface area contributed by atoms with Crippen LogP contribution in [0.5, 0.6) is 5.75 Å². The number of amides is 2. The second-order valence-electron chi connectivity index (χ2n) is 8.78. The molecule has 0 spiro atoms. The molecule has 0 saturated heterocycles. The molecule has 36 heavy (non-hydrogen) atoms. The highest BCUT2D eigenvalue weighted by Gasteiger charge is 2.30. The summed E-state index contributed by atoms with van der Waals surface area (Å²) in [4.78, 5) is 38.0. The number of carboxylic acid groups (broad SMARTS) is 1. The number of carbonyl (C=O) groups is 3. The summed E-state index contributed by atoms with van der Waals surface area (Å²) in [5, 5.41) is 27.8. The first-order valence-electron chi connectivity index (χ1n) is 11.7. The van der Waals surface area contributed by atoms with Crippen molar-refractivity contribution in [2.75, 3.05) is 12.0 Å². The van der Waals surface area contributed by atoms with Crippen LogP contribution in [0.2, 0.25) is 0 Å². The number of carbonyl (C=O) groups excluding carboxylic acids is 2. The SMILES string of the molecule is CSCC[C@H](NC(=O)[C@H](Cc1ccccc1)NC(=O)[C@@H](NCc1cccc(F)c1O)C(C)C)C(=O)O.